The molecule has 0 radical (unpaired) electrons. The summed E-state index contributed by atoms with van der Waals surface area (Å²) in [5.41, 5.74) is 2.77. The van der Waals surface area contributed by atoms with Gasteiger partial charge in [0.15, 0.2) is 11.3 Å². The molecule has 0 aromatic carbocycles. The van der Waals surface area contributed by atoms with E-state index in [-0.39, 0.29) is 30.5 Å². The summed E-state index contributed by atoms with van der Waals surface area (Å²) >= 11 is 0. The van der Waals surface area contributed by atoms with Crippen molar-refractivity contribution < 1.29 is 14.7 Å². The maximum atomic E-state index is 12.8. The highest BCUT2D eigenvalue weighted by Crippen LogP contribution is 2.43. The smallest absolute Gasteiger partial charge is 0.327 e. The van der Waals surface area contributed by atoms with Crippen LogP contribution in [0.5, 0.6) is 0 Å². The number of hydrogen-bond donors (Lipinski definition) is 2. The molecule has 0 atom stereocenters. The summed E-state index contributed by atoms with van der Waals surface area (Å²) in [6, 6.07) is 0. The Morgan fingerprint density at radius 2 is 2.12 bits per heavy atom. The second-order valence-electron chi connectivity index (χ2n) is 6.19. The van der Waals surface area contributed by atoms with Gasteiger partial charge in [-0.15, -0.1) is 0 Å². The molecule has 9 heteroatoms. The quantitative estimate of drug-likeness (QED) is 0.604. The molecule has 0 unspecified atom stereocenters. The van der Waals surface area contributed by atoms with Crippen LogP contribution in [0.3, 0.4) is 0 Å². The second-order valence-corrected chi connectivity index (χ2v) is 6.19. The van der Waals surface area contributed by atoms with Crippen LogP contribution in [0.2, 0.25) is 0 Å². The molecule has 130 valence electrons. The summed E-state index contributed by atoms with van der Waals surface area (Å²) < 4.78 is 7.44. The first-order valence-electron chi connectivity index (χ1n) is 8.07. The van der Waals surface area contributed by atoms with E-state index < -0.39 is 11.5 Å². The van der Waals surface area contributed by atoms with Gasteiger partial charge in [0, 0.05) is 11.8 Å². The lowest BCUT2D eigenvalue weighted by molar-refractivity contribution is -0.144. The fourth-order valence-electron chi connectivity index (χ4n) is 2.68. The Kier molecular flexibility index (Phi) is 4.27. The maximum absolute atomic E-state index is 12.8. The van der Waals surface area contributed by atoms with Crippen LogP contribution in [0.4, 0.5) is 5.69 Å². The Balaban J connectivity index is 2.22. The molecule has 1 saturated carbocycles. The summed E-state index contributed by atoms with van der Waals surface area (Å²) in [7, 11) is 0. The van der Waals surface area contributed by atoms with Crippen LogP contribution in [-0.4, -0.2) is 37.2 Å². The lowest BCUT2D eigenvalue weighted by Gasteiger charge is -2.11. The topological polar surface area (TPSA) is 111 Å². The SMILES string of the molecule is CCOC(=O)Cn1nc(C(C)C)n2nc(C3CC3)c(NO)c2c1=O. The zero-order valence-electron chi connectivity index (χ0n) is 13.9. The minimum absolute atomic E-state index is 0.0277. The van der Waals surface area contributed by atoms with Crippen molar-refractivity contribution >= 4 is 17.2 Å². The molecule has 1 aliphatic rings. The van der Waals surface area contributed by atoms with Crippen LogP contribution in [-0.2, 0) is 16.1 Å². The van der Waals surface area contributed by atoms with E-state index in [4.69, 9.17) is 4.74 Å². The number of nitrogens with zero attached hydrogens (tertiary/aromatic N) is 4. The number of rotatable bonds is 6. The Hall–Kier alpha value is -2.42. The summed E-state index contributed by atoms with van der Waals surface area (Å²) in [4.78, 5) is 24.5. The van der Waals surface area contributed by atoms with Gasteiger partial charge in [0.25, 0.3) is 5.56 Å². The molecule has 0 aliphatic heterocycles. The van der Waals surface area contributed by atoms with Gasteiger partial charge in [0.1, 0.15) is 12.2 Å². The first-order chi connectivity index (χ1) is 11.5. The largest absolute Gasteiger partial charge is 0.465 e. The zero-order chi connectivity index (χ0) is 17.4. The summed E-state index contributed by atoms with van der Waals surface area (Å²) in [6.45, 7) is 5.49. The lowest BCUT2D eigenvalue weighted by Crippen LogP contribution is -2.31. The van der Waals surface area contributed by atoms with Gasteiger partial charge < -0.3 is 4.74 Å². The maximum Gasteiger partial charge on any atom is 0.327 e. The molecule has 1 aliphatic carbocycles. The fraction of sp³-hybridized carbons (Fsp3) is 0.600. The van der Waals surface area contributed by atoms with Crippen LogP contribution in [0, 0.1) is 0 Å². The lowest BCUT2D eigenvalue weighted by atomic mass is 10.2. The van der Waals surface area contributed by atoms with Gasteiger partial charge in [-0.2, -0.15) is 10.2 Å². The van der Waals surface area contributed by atoms with Gasteiger partial charge in [0.05, 0.1) is 12.3 Å². The van der Waals surface area contributed by atoms with Crippen molar-refractivity contribution in [3.05, 3.63) is 21.9 Å². The normalized spacial score (nSPS) is 14.4. The number of hydrogen-bond acceptors (Lipinski definition) is 7. The second kappa shape index (κ2) is 6.23. The molecule has 0 spiro atoms. The first-order valence-corrected chi connectivity index (χ1v) is 8.07. The molecule has 24 heavy (non-hydrogen) atoms. The number of anilines is 1. The summed E-state index contributed by atoms with van der Waals surface area (Å²) in [5, 5.41) is 18.3. The molecule has 3 rings (SSSR count). The molecule has 1 fully saturated rings. The highest BCUT2D eigenvalue weighted by Gasteiger charge is 2.32. The fourth-order valence-corrected chi connectivity index (χ4v) is 2.68. The Morgan fingerprint density at radius 1 is 1.42 bits per heavy atom. The molecule has 0 saturated heterocycles. The minimum Gasteiger partial charge on any atom is -0.465 e. The van der Waals surface area contributed by atoms with E-state index in [0.29, 0.717) is 17.2 Å². The Morgan fingerprint density at radius 3 is 2.67 bits per heavy atom. The summed E-state index contributed by atoms with van der Waals surface area (Å²) in [6.07, 6.45) is 1.94. The average molecular weight is 335 g/mol. The average Bonchev–Trinajstić information content (AvgIpc) is 3.30. The molecule has 2 N–H and O–H groups in total. The molecular formula is C15H21N5O4. The highest BCUT2D eigenvalue weighted by atomic mass is 16.5. The van der Waals surface area contributed by atoms with E-state index in [1.54, 1.807) is 6.92 Å². The number of aromatic nitrogens is 4. The van der Waals surface area contributed by atoms with Crippen LogP contribution in [0.25, 0.3) is 5.52 Å². The third-order valence-electron chi connectivity index (χ3n) is 3.97. The van der Waals surface area contributed by atoms with Crippen LogP contribution >= 0.6 is 0 Å². The zero-order valence-corrected chi connectivity index (χ0v) is 13.9. The van der Waals surface area contributed by atoms with E-state index in [9.17, 15) is 14.8 Å². The number of fused-ring (bicyclic) bond motifs is 1. The minimum atomic E-state index is -0.536. The molecule has 0 amide bonds. The standard InChI is InChI=1S/C15H21N5O4/c1-4-24-10(21)7-19-15(22)13-12(18-23)11(9-5-6-9)16-20(13)14(17-19)8(2)3/h8-9,18,23H,4-7H2,1-3H3. The molecule has 2 heterocycles. The van der Waals surface area contributed by atoms with Gasteiger partial charge in [-0.05, 0) is 19.8 Å². The monoisotopic (exact) mass is 335 g/mol. The van der Waals surface area contributed by atoms with Gasteiger partial charge in [0.2, 0.25) is 0 Å². The van der Waals surface area contributed by atoms with E-state index in [1.807, 2.05) is 13.8 Å². The van der Waals surface area contributed by atoms with E-state index in [2.05, 4.69) is 15.7 Å². The van der Waals surface area contributed by atoms with Crippen LogP contribution in [0.1, 0.15) is 57.0 Å². The number of nitrogens with one attached hydrogen (secondary N) is 1. The molecule has 2 aromatic rings. The number of esters is 1. The molecule has 0 bridgehead atoms. The van der Waals surface area contributed by atoms with E-state index >= 15 is 0 Å². The van der Waals surface area contributed by atoms with Crippen molar-refractivity contribution in [3.8, 4) is 0 Å². The predicted molar refractivity (Wildman–Crippen MR) is 85.4 cm³/mol. The molecule has 9 nitrogen and oxygen atoms in total. The van der Waals surface area contributed by atoms with Crippen LogP contribution < -0.4 is 11.0 Å². The van der Waals surface area contributed by atoms with Gasteiger partial charge in [-0.1, -0.05) is 13.8 Å². The summed E-state index contributed by atoms with van der Waals surface area (Å²) in [5.74, 6) is 0.210. The predicted octanol–water partition coefficient (Wildman–Crippen LogP) is 1.26. The van der Waals surface area contributed by atoms with Crippen molar-refractivity contribution in [1.29, 1.82) is 0 Å². The number of carbonyl (C=O) groups excluding carboxylic acids is 1. The Bertz CT molecular complexity index is 834. The van der Waals surface area contributed by atoms with E-state index in [0.717, 1.165) is 17.5 Å². The highest BCUT2D eigenvalue weighted by molar-refractivity contribution is 5.74. The number of ether oxygens (including phenoxy) is 1. The Labute approximate surface area is 138 Å². The van der Waals surface area contributed by atoms with Crippen molar-refractivity contribution in [2.24, 2.45) is 0 Å². The van der Waals surface area contributed by atoms with E-state index in [1.165, 1.54) is 4.52 Å². The third-order valence-corrected chi connectivity index (χ3v) is 3.97. The van der Waals surface area contributed by atoms with Crippen molar-refractivity contribution in [2.75, 3.05) is 12.1 Å². The molecule has 2 aromatic heterocycles. The van der Waals surface area contributed by atoms with Crippen molar-refractivity contribution in [1.82, 2.24) is 19.4 Å². The van der Waals surface area contributed by atoms with Gasteiger partial charge in [-0.3, -0.25) is 20.3 Å². The van der Waals surface area contributed by atoms with Crippen molar-refractivity contribution in [2.45, 2.75) is 52.0 Å². The number of carbonyl (C=O) groups is 1. The third kappa shape index (κ3) is 2.75. The van der Waals surface area contributed by atoms with Crippen LogP contribution in [0.15, 0.2) is 4.79 Å². The molecular weight excluding hydrogens is 314 g/mol. The van der Waals surface area contributed by atoms with Gasteiger partial charge >= 0.3 is 5.97 Å². The van der Waals surface area contributed by atoms with Gasteiger partial charge in [-0.25, -0.2) is 9.20 Å². The van der Waals surface area contributed by atoms with Crippen molar-refractivity contribution in [3.63, 3.8) is 0 Å². The first kappa shape index (κ1) is 16.4.